The normalized spacial score (nSPS) is 16.0. The number of rotatable bonds is 7. The number of aromatic hydroxyl groups is 1. The van der Waals surface area contributed by atoms with E-state index < -0.39 is 23.5 Å². The van der Waals surface area contributed by atoms with E-state index in [2.05, 4.69) is 0 Å². The molecule has 2 heterocycles. The number of methoxy groups -OCH3 is 1. The fourth-order valence-corrected chi connectivity index (χ4v) is 3.91. The SMILES string of the molecule is COc1cc([C@H]2C(C(=O)c3ccc(C)o3)=C(O)C(=O)N2CCc2ccccc2)ccc1O. The van der Waals surface area contributed by atoms with E-state index >= 15 is 0 Å². The van der Waals surface area contributed by atoms with Gasteiger partial charge in [0.05, 0.1) is 18.7 Å². The van der Waals surface area contributed by atoms with Crippen molar-refractivity contribution in [3.63, 3.8) is 0 Å². The van der Waals surface area contributed by atoms with E-state index in [4.69, 9.17) is 9.15 Å². The lowest BCUT2D eigenvalue weighted by Crippen LogP contribution is -2.33. The minimum absolute atomic E-state index is 0.0394. The number of aryl methyl sites for hydroxylation is 1. The Bertz CT molecular complexity index is 1190. The first-order valence-electron chi connectivity index (χ1n) is 10.2. The molecule has 0 fully saturated rings. The topological polar surface area (TPSA) is 100 Å². The van der Waals surface area contributed by atoms with Gasteiger partial charge < -0.3 is 24.3 Å². The number of furan rings is 1. The highest BCUT2D eigenvalue weighted by atomic mass is 16.5. The van der Waals surface area contributed by atoms with Crippen LogP contribution in [0.1, 0.15) is 33.5 Å². The lowest BCUT2D eigenvalue weighted by atomic mass is 9.94. The lowest BCUT2D eigenvalue weighted by molar-refractivity contribution is -0.129. The molecule has 1 aromatic heterocycles. The molecule has 0 bridgehead atoms. The van der Waals surface area contributed by atoms with Gasteiger partial charge in [0.25, 0.3) is 5.91 Å². The van der Waals surface area contributed by atoms with Crippen molar-refractivity contribution < 1.29 is 29.0 Å². The summed E-state index contributed by atoms with van der Waals surface area (Å²) in [7, 11) is 1.41. The Labute approximate surface area is 185 Å². The first-order chi connectivity index (χ1) is 15.4. The van der Waals surface area contributed by atoms with Crippen molar-refractivity contribution in [1.82, 2.24) is 4.90 Å². The number of hydrogen-bond donors (Lipinski definition) is 2. The quantitative estimate of drug-likeness (QED) is 0.544. The monoisotopic (exact) mass is 433 g/mol. The average Bonchev–Trinajstić information content (AvgIpc) is 3.34. The number of phenols is 1. The molecule has 0 saturated carbocycles. The smallest absolute Gasteiger partial charge is 0.290 e. The lowest BCUT2D eigenvalue weighted by Gasteiger charge is -2.27. The molecule has 7 nitrogen and oxygen atoms in total. The maximum absolute atomic E-state index is 13.3. The minimum atomic E-state index is -0.862. The van der Waals surface area contributed by atoms with Crippen molar-refractivity contribution in [1.29, 1.82) is 0 Å². The van der Waals surface area contributed by atoms with Crippen molar-refractivity contribution in [3.8, 4) is 11.5 Å². The van der Waals surface area contributed by atoms with Gasteiger partial charge >= 0.3 is 0 Å². The number of carbonyl (C=O) groups is 2. The molecule has 32 heavy (non-hydrogen) atoms. The van der Waals surface area contributed by atoms with Crippen LogP contribution in [0.4, 0.5) is 0 Å². The Kier molecular flexibility index (Phi) is 5.73. The number of hydrogen-bond acceptors (Lipinski definition) is 6. The highest BCUT2D eigenvalue weighted by Crippen LogP contribution is 2.41. The summed E-state index contributed by atoms with van der Waals surface area (Å²) in [5.74, 6) is -1.09. The molecule has 0 aliphatic carbocycles. The molecule has 164 valence electrons. The maximum atomic E-state index is 13.3. The van der Waals surface area contributed by atoms with Crippen molar-refractivity contribution in [2.24, 2.45) is 0 Å². The molecular weight excluding hydrogens is 410 g/mol. The molecule has 7 heteroatoms. The number of ketones is 1. The molecule has 0 radical (unpaired) electrons. The van der Waals surface area contributed by atoms with Crippen LogP contribution in [0.5, 0.6) is 11.5 Å². The van der Waals surface area contributed by atoms with Crippen LogP contribution in [0, 0.1) is 6.92 Å². The molecule has 2 aromatic carbocycles. The first-order valence-corrected chi connectivity index (χ1v) is 10.2. The number of benzene rings is 2. The molecule has 1 aliphatic rings. The second-order valence-corrected chi connectivity index (χ2v) is 7.57. The van der Waals surface area contributed by atoms with Crippen LogP contribution >= 0.6 is 0 Å². The Hall–Kier alpha value is -4.00. The largest absolute Gasteiger partial charge is 0.504 e. The van der Waals surface area contributed by atoms with Gasteiger partial charge in [-0.1, -0.05) is 36.4 Å². The number of Topliss-reactive ketones (excluding diaryl/α,β-unsaturated/α-hetero) is 1. The summed E-state index contributed by atoms with van der Waals surface area (Å²) in [5, 5.41) is 20.7. The van der Waals surface area contributed by atoms with Crippen molar-refractivity contribution in [2.75, 3.05) is 13.7 Å². The van der Waals surface area contributed by atoms with Crippen LogP contribution in [0.15, 0.2) is 76.4 Å². The van der Waals surface area contributed by atoms with Crippen LogP contribution in [0.25, 0.3) is 0 Å². The standard InChI is InChI=1S/C25H23NO6/c1-15-8-11-19(32-15)23(28)21-22(17-9-10-18(27)20(14-17)31-2)26(25(30)24(21)29)13-12-16-6-4-3-5-7-16/h3-11,14,22,27,29H,12-13H2,1-2H3/t22-/m0/s1. The van der Waals surface area contributed by atoms with Crippen molar-refractivity contribution in [2.45, 2.75) is 19.4 Å². The van der Waals surface area contributed by atoms with Crippen molar-refractivity contribution >= 4 is 11.7 Å². The number of nitrogens with zero attached hydrogens (tertiary/aromatic N) is 1. The van der Waals surface area contributed by atoms with Crippen LogP contribution in [0.2, 0.25) is 0 Å². The van der Waals surface area contributed by atoms with Crippen LogP contribution < -0.4 is 4.74 Å². The number of aliphatic hydroxyl groups excluding tert-OH is 1. The van der Waals surface area contributed by atoms with Gasteiger partial charge in [-0.25, -0.2) is 0 Å². The van der Waals surface area contributed by atoms with Gasteiger partial charge in [0.2, 0.25) is 5.78 Å². The molecule has 0 unspecified atom stereocenters. The van der Waals surface area contributed by atoms with Gasteiger partial charge in [-0.3, -0.25) is 9.59 Å². The van der Waals surface area contributed by atoms with E-state index in [9.17, 15) is 19.8 Å². The summed E-state index contributed by atoms with van der Waals surface area (Å²) in [4.78, 5) is 27.8. The van der Waals surface area contributed by atoms with E-state index in [1.807, 2.05) is 30.3 Å². The molecule has 1 aliphatic heterocycles. The summed E-state index contributed by atoms with van der Waals surface area (Å²) in [6.45, 7) is 1.98. The van der Waals surface area contributed by atoms with E-state index in [0.29, 0.717) is 17.7 Å². The highest BCUT2D eigenvalue weighted by molar-refractivity contribution is 6.15. The predicted molar refractivity (Wildman–Crippen MR) is 117 cm³/mol. The summed E-state index contributed by atoms with van der Waals surface area (Å²) in [6.07, 6.45) is 0.535. The zero-order chi connectivity index (χ0) is 22.8. The molecule has 2 N–H and O–H groups in total. The van der Waals surface area contributed by atoms with Crippen LogP contribution in [0.3, 0.4) is 0 Å². The molecule has 4 rings (SSSR count). The molecule has 0 spiro atoms. The van der Waals surface area contributed by atoms with Gasteiger partial charge in [0, 0.05) is 6.54 Å². The Balaban J connectivity index is 1.76. The summed E-state index contributed by atoms with van der Waals surface area (Å²) >= 11 is 0. The third-order valence-corrected chi connectivity index (χ3v) is 5.52. The summed E-state index contributed by atoms with van der Waals surface area (Å²) < 4.78 is 10.7. The van der Waals surface area contributed by atoms with Gasteiger partial charge in [0.15, 0.2) is 23.0 Å². The number of aliphatic hydroxyl groups is 1. The number of carbonyl (C=O) groups excluding carboxylic acids is 2. The van der Waals surface area contributed by atoms with Gasteiger partial charge in [-0.15, -0.1) is 0 Å². The fraction of sp³-hybridized carbons (Fsp3) is 0.200. The second-order valence-electron chi connectivity index (χ2n) is 7.57. The molecule has 0 saturated heterocycles. The third kappa shape index (κ3) is 3.85. The zero-order valence-corrected chi connectivity index (χ0v) is 17.7. The predicted octanol–water partition coefficient (Wildman–Crippen LogP) is 4.12. The maximum Gasteiger partial charge on any atom is 0.290 e. The fourth-order valence-electron chi connectivity index (χ4n) is 3.91. The van der Waals surface area contributed by atoms with Gasteiger partial charge in [-0.05, 0) is 48.7 Å². The second kappa shape index (κ2) is 8.63. The zero-order valence-electron chi connectivity index (χ0n) is 17.7. The van der Waals surface area contributed by atoms with E-state index in [-0.39, 0.29) is 29.4 Å². The van der Waals surface area contributed by atoms with Gasteiger partial charge in [0.1, 0.15) is 5.76 Å². The van der Waals surface area contributed by atoms with E-state index in [1.165, 1.54) is 24.1 Å². The number of phenolic OH excluding ortho intramolecular Hbond substituents is 1. The van der Waals surface area contributed by atoms with E-state index in [1.54, 1.807) is 25.1 Å². The molecule has 1 amide bonds. The average molecular weight is 433 g/mol. The summed E-state index contributed by atoms with van der Waals surface area (Å²) in [5.41, 5.74) is 1.48. The minimum Gasteiger partial charge on any atom is -0.504 e. The van der Waals surface area contributed by atoms with Gasteiger partial charge in [-0.2, -0.15) is 0 Å². The van der Waals surface area contributed by atoms with Crippen LogP contribution in [-0.2, 0) is 11.2 Å². The van der Waals surface area contributed by atoms with E-state index in [0.717, 1.165) is 5.56 Å². The molecular formula is C25H23NO6. The third-order valence-electron chi connectivity index (χ3n) is 5.52. The first kappa shape index (κ1) is 21.2. The van der Waals surface area contributed by atoms with Crippen molar-refractivity contribution in [3.05, 3.63) is 94.6 Å². The highest BCUT2D eigenvalue weighted by Gasteiger charge is 2.44. The molecule has 1 atom stereocenters. The number of ether oxygens (including phenoxy) is 1. The van der Waals surface area contributed by atoms with Crippen LogP contribution in [-0.4, -0.2) is 40.5 Å². The molecule has 3 aromatic rings. The summed E-state index contributed by atoms with van der Waals surface area (Å²) in [6, 6.07) is 16.5. The number of amides is 1. The Morgan fingerprint density at radius 3 is 2.50 bits per heavy atom. The Morgan fingerprint density at radius 2 is 1.84 bits per heavy atom. The Morgan fingerprint density at radius 1 is 1.09 bits per heavy atom.